The van der Waals surface area contributed by atoms with Gasteiger partial charge in [0.2, 0.25) is 0 Å². The quantitative estimate of drug-likeness (QED) is 0.503. The molecule has 0 spiro atoms. The van der Waals surface area contributed by atoms with Crippen LogP contribution in [0.15, 0.2) is 29.6 Å². The van der Waals surface area contributed by atoms with Crippen molar-refractivity contribution in [2.75, 3.05) is 11.4 Å². The van der Waals surface area contributed by atoms with E-state index in [2.05, 4.69) is 57.9 Å². The highest BCUT2D eigenvalue weighted by molar-refractivity contribution is 7.17. The van der Waals surface area contributed by atoms with E-state index in [0.717, 1.165) is 53.7 Å². The smallest absolute Gasteiger partial charge is 0.141 e. The Morgan fingerprint density at radius 2 is 2.00 bits per heavy atom. The molecule has 4 aromatic rings. The third-order valence-electron chi connectivity index (χ3n) is 5.53. The number of hydrogen-bond acceptors (Lipinski definition) is 5. The Morgan fingerprint density at radius 1 is 1.15 bits per heavy atom. The number of fused-ring (bicyclic) bond motifs is 2. The Morgan fingerprint density at radius 3 is 2.85 bits per heavy atom. The van der Waals surface area contributed by atoms with E-state index in [1.807, 2.05) is 6.92 Å². The van der Waals surface area contributed by atoms with Gasteiger partial charge in [0.25, 0.3) is 0 Å². The maximum atomic E-state index is 5.03. The fourth-order valence-electron chi connectivity index (χ4n) is 4.34. The summed E-state index contributed by atoms with van der Waals surface area (Å²) in [4.78, 5) is 18.1. The van der Waals surface area contributed by atoms with E-state index >= 15 is 0 Å². The molecule has 1 aromatic carbocycles. The first-order chi connectivity index (χ1) is 13.2. The monoisotopic (exact) mass is 377 g/mol. The van der Waals surface area contributed by atoms with Gasteiger partial charge < -0.3 is 9.47 Å². The van der Waals surface area contributed by atoms with Crippen LogP contribution in [0.5, 0.6) is 0 Å². The van der Waals surface area contributed by atoms with Gasteiger partial charge in [-0.25, -0.2) is 15.0 Å². The molecular formula is C21H23N5S. The molecule has 4 heterocycles. The van der Waals surface area contributed by atoms with Crippen molar-refractivity contribution < 1.29 is 0 Å². The SMILES string of the molecule is CCn1c(C2CCCN2c2nc(C)nc3scc(C)c23)nc2ccccc21. The van der Waals surface area contributed by atoms with Crippen molar-refractivity contribution in [1.29, 1.82) is 0 Å². The molecule has 5 rings (SSSR count). The highest BCUT2D eigenvalue weighted by atomic mass is 32.1. The lowest BCUT2D eigenvalue weighted by molar-refractivity contribution is 0.606. The third kappa shape index (κ3) is 2.54. The van der Waals surface area contributed by atoms with Crippen molar-refractivity contribution >= 4 is 38.4 Å². The summed E-state index contributed by atoms with van der Waals surface area (Å²) in [5.74, 6) is 3.08. The van der Waals surface area contributed by atoms with Gasteiger partial charge in [-0.15, -0.1) is 11.3 Å². The van der Waals surface area contributed by atoms with Crippen LogP contribution in [0.2, 0.25) is 0 Å². The normalized spacial score (nSPS) is 17.4. The van der Waals surface area contributed by atoms with E-state index in [-0.39, 0.29) is 6.04 Å². The van der Waals surface area contributed by atoms with Gasteiger partial charge >= 0.3 is 0 Å². The average Bonchev–Trinajstić information content (AvgIpc) is 3.37. The molecule has 3 aromatic heterocycles. The molecular weight excluding hydrogens is 354 g/mol. The largest absolute Gasteiger partial charge is 0.346 e. The maximum absolute atomic E-state index is 5.03. The lowest BCUT2D eigenvalue weighted by atomic mass is 10.2. The molecule has 0 saturated carbocycles. The number of hydrogen-bond donors (Lipinski definition) is 0. The van der Waals surface area contributed by atoms with E-state index < -0.39 is 0 Å². The summed E-state index contributed by atoms with van der Waals surface area (Å²) < 4.78 is 2.37. The first kappa shape index (κ1) is 16.7. The molecule has 0 bridgehead atoms. The molecule has 1 aliphatic heterocycles. The van der Waals surface area contributed by atoms with Crippen molar-refractivity contribution in [3.05, 3.63) is 46.9 Å². The Balaban J connectivity index is 1.68. The van der Waals surface area contributed by atoms with Crippen molar-refractivity contribution in [2.45, 2.75) is 46.2 Å². The fraction of sp³-hybridized carbons (Fsp3) is 0.381. The van der Waals surface area contributed by atoms with Gasteiger partial charge in [-0.05, 0) is 56.7 Å². The Kier molecular flexibility index (Phi) is 3.90. The maximum Gasteiger partial charge on any atom is 0.141 e. The third-order valence-corrected chi connectivity index (χ3v) is 6.52. The highest BCUT2D eigenvalue weighted by Gasteiger charge is 2.33. The minimum Gasteiger partial charge on any atom is -0.346 e. The number of anilines is 1. The van der Waals surface area contributed by atoms with Crippen LogP contribution in [0.25, 0.3) is 21.3 Å². The Labute approximate surface area is 162 Å². The summed E-state index contributed by atoms with van der Waals surface area (Å²) in [6, 6.07) is 8.70. The molecule has 0 radical (unpaired) electrons. The molecule has 0 aliphatic carbocycles. The molecule has 0 N–H and O–H groups in total. The molecule has 1 atom stereocenters. The van der Waals surface area contributed by atoms with Crippen molar-refractivity contribution in [2.24, 2.45) is 0 Å². The van der Waals surface area contributed by atoms with Crippen LogP contribution in [0, 0.1) is 13.8 Å². The minimum absolute atomic E-state index is 0.258. The fourth-order valence-corrected chi connectivity index (χ4v) is 5.30. The molecule has 1 unspecified atom stereocenters. The van der Waals surface area contributed by atoms with E-state index in [9.17, 15) is 0 Å². The molecule has 5 nitrogen and oxygen atoms in total. The van der Waals surface area contributed by atoms with Crippen LogP contribution in [-0.2, 0) is 6.54 Å². The molecule has 6 heteroatoms. The summed E-state index contributed by atoms with van der Waals surface area (Å²) in [7, 11) is 0. The molecule has 138 valence electrons. The van der Waals surface area contributed by atoms with Gasteiger partial charge in [0, 0.05) is 13.1 Å². The van der Waals surface area contributed by atoms with Crippen molar-refractivity contribution in [1.82, 2.24) is 19.5 Å². The average molecular weight is 378 g/mol. The zero-order valence-corrected chi connectivity index (χ0v) is 16.8. The van der Waals surface area contributed by atoms with Crippen LogP contribution in [0.3, 0.4) is 0 Å². The number of benzene rings is 1. The van der Waals surface area contributed by atoms with Gasteiger partial charge in [0.1, 0.15) is 22.3 Å². The molecule has 1 fully saturated rings. The first-order valence-corrected chi connectivity index (χ1v) is 10.5. The van der Waals surface area contributed by atoms with Crippen LogP contribution in [0.4, 0.5) is 5.82 Å². The van der Waals surface area contributed by atoms with Gasteiger partial charge in [-0.2, -0.15) is 0 Å². The predicted molar refractivity (Wildman–Crippen MR) is 112 cm³/mol. The lowest BCUT2D eigenvalue weighted by Gasteiger charge is -2.27. The van der Waals surface area contributed by atoms with E-state index in [0.29, 0.717) is 0 Å². The highest BCUT2D eigenvalue weighted by Crippen LogP contribution is 2.40. The van der Waals surface area contributed by atoms with Gasteiger partial charge in [-0.3, -0.25) is 0 Å². The first-order valence-electron chi connectivity index (χ1n) is 9.61. The predicted octanol–water partition coefficient (Wildman–Crippen LogP) is 5.02. The summed E-state index contributed by atoms with van der Waals surface area (Å²) in [5.41, 5.74) is 3.56. The summed E-state index contributed by atoms with van der Waals surface area (Å²) in [5, 5.41) is 3.39. The molecule has 1 saturated heterocycles. The van der Waals surface area contributed by atoms with Crippen LogP contribution < -0.4 is 4.90 Å². The number of aromatic nitrogens is 4. The van der Waals surface area contributed by atoms with Gasteiger partial charge in [0.15, 0.2) is 0 Å². The number of imidazole rings is 1. The second-order valence-electron chi connectivity index (χ2n) is 7.25. The number of rotatable bonds is 3. The number of aryl methyl sites for hydroxylation is 3. The number of para-hydroxylation sites is 2. The lowest BCUT2D eigenvalue weighted by Crippen LogP contribution is -2.26. The summed E-state index contributed by atoms with van der Waals surface area (Å²) in [6.07, 6.45) is 2.27. The van der Waals surface area contributed by atoms with Gasteiger partial charge in [0.05, 0.1) is 22.5 Å². The number of nitrogens with zero attached hydrogens (tertiary/aromatic N) is 5. The van der Waals surface area contributed by atoms with E-state index in [4.69, 9.17) is 9.97 Å². The molecule has 0 amide bonds. The Bertz CT molecular complexity index is 1140. The van der Waals surface area contributed by atoms with E-state index in [1.54, 1.807) is 11.3 Å². The van der Waals surface area contributed by atoms with Crippen LogP contribution >= 0.6 is 11.3 Å². The van der Waals surface area contributed by atoms with Crippen LogP contribution in [-0.4, -0.2) is 26.1 Å². The summed E-state index contributed by atoms with van der Waals surface area (Å²) >= 11 is 1.71. The second-order valence-corrected chi connectivity index (χ2v) is 8.11. The molecule has 27 heavy (non-hydrogen) atoms. The Hall–Kier alpha value is -2.47. The second kappa shape index (κ2) is 6.30. The van der Waals surface area contributed by atoms with Crippen molar-refractivity contribution in [3.63, 3.8) is 0 Å². The zero-order valence-electron chi connectivity index (χ0n) is 15.9. The molecule has 1 aliphatic rings. The van der Waals surface area contributed by atoms with Crippen LogP contribution in [0.1, 0.15) is 43.0 Å². The van der Waals surface area contributed by atoms with Crippen molar-refractivity contribution in [3.8, 4) is 0 Å². The minimum atomic E-state index is 0.258. The number of thiophene rings is 1. The zero-order chi connectivity index (χ0) is 18.5. The topological polar surface area (TPSA) is 46.8 Å². The van der Waals surface area contributed by atoms with E-state index in [1.165, 1.54) is 16.5 Å². The summed E-state index contributed by atoms with van der Waals surface area (Å²) in [6.45, 7) is 8.29. The van der Waals surface area contributed by atoms with Gasteiger partial charge in [-0.1, -0.05) is 12.1 Å². The standard InChI is InChI=1S/C21H23N5S/c1-4-25-16-9-6-5-8-15(16)24-19(25)17-10-7-11-26(17)20-18-13(2)12-27-21(18)23-14(3)22-20/h5-6,8-9,12,17H,4,7,10-11H2,1-3H3.